The summed E-state index contributed by atoms with van der Waals surface area (Å²) in [4.78, 5) is 23.6. The fourth-order valence-corrected chi connectivity index (χ4v) is 1.56. The Morgan fingerprint density at radius 3 is 2.29 bits per heavy atom. The molecule has 21 heavy (non-hydrogen) atoms. The highest BCUT2D eigenvalue weighted by Crippen LogP contribution is 2.16. The number of hydrogen-bond acceptors (Lipinski definition) is 4. The van der Waals surface area contributed by atoms with Gasteiger partial charge in [0.2, 0.25) is 0 Å². The van der Waals surface area contributed by atoms with Crippen molar-refractivity contribution in [3.63, 3.8) is 0 Å². The zero-order valence-electron chi connectivity index (χ0n) is 12.1. The van der Waals surface area contributed by atoms with E-state index >= 15 is 0 Å². The number of benzene rings is 1. The molecule has 1 aromatic carbocycles. The van der Waals surface area contributed by atoms with E-state index in [1.807, 2.05) is 19.0 Å². The first kappa shape index (κ1) is 16.7. The fourth-order valence-electron chi connectivity index (χ4n) is 1.56. The summed E-state index contributed by atoms with van der Waals surface area (Å²) in [6.45, 7) is 1.35. The van der Waals surface area contributed by atoms with Crippen molar-refractivity contribution in [3.8, 4) is 5.75 Å². The van der Waals surface area contributed by atoms with Crippen LogP contribution in [0.5, 0.6) is 5.75 Å². The quantitative estimate of drug-likeness (QED) is 0.707. The molecule has 1 rings (SSSR count). The van der Waals surface area contributed by atoms with E-state index in [-0.39, 0.29) is 5.57 Å². The van der Waals surface area contributed by atoms with Crippen molar-refractivity contribution in [3.05, 3.63) is 35.4 Å². The lowest BCUT2D eigenvalue weighted by Gasteiger charge is -2.11. The molecule has 0 aliphatic carbocycles. The SMILES string of the molecule is CN(C)CCOc1ccc(/C=C(\CC(=O)O)C(=O)O)cc1. The number of carboxylic acids is 2. The Kier molecular flexibility index (Phi) is 6.42. The fraction of sp³-hybridized carbons (Fsp3) is 0.333. The molecule has 0 fully saturated rings. The van der Waals surface area contributed by atoms with Crippen molar-refractivity contribution in [1.29, 1.82) is 0 Å². The van der Waals surface area contributed by atoms with E-state index in [1.165, 1.54) is 6.08 Å². The van der Waals surface area contributed by atoms with Gasteiger partial charge >= 0.3 is 11.9 Å². The number of carbonyl (C=O) groups is 2. The third kappa shape index (κ3) is 6.58. The number of aliphatic carboxylic acids is 2. The Bertz CT molecular complexity index is 519. The predicted molar refractivity (Wildman–Crippen MR) is 78.4 cm³/mol. The molecular weight excluding hydrogens is 274 g/mol. The van der Waals surface area contributed by atoms with Crippen LogP contribution in [0.25, 0.3) is 6.08 Å². The molecule has 0 amide bonds. The molecule has 0 saturated carbocycles. The van der Waals surface area contributed by atoms with Crippen LogP contribution in [0, 0.1) is 0 Å². The lowest BCUT2D eigenvalue weighted by Crippen LogP contribution is -2.19. The first-order valence-electron chi connectivity index (χ1n) is 6.41. The van der Waals surface area contributed by atoms with E-state index < -0.39 is 18.4 Å². The average Bonchev–Trinajstić information content (AvgIpc) is 2.39. The van der Waals surface area contributed by atoms with Crippen LogP contribution in [-0.2, 0) is 9.59 Å². The third-order valence-corrected chi connectivity index (χ3v) is 2.64. The van der Waals surface area contributed by atoms with Crippen molar-refractivity contribution in [1.82, 2.24) is 4.90 Å². The van der Waals surface area contributed by atoms with Gasteiger partial charge in [0.05, 0.1) is 6.42 Å². The summed E-state index contributed by atoms with van der Waals surface area (Å²) >= 11 is 0. The number of nitrogens with zero attached hydrogens (tertiary/aromatic N) is 1. The van der Waals surface area contributed by atoms with Gasteiger partial charge in [-0.05, 0) is 37.9 Å². The molecule has 6 nitrogen and oxygen atoms in total. The van der Waals surface area contributed by atoms with Crippen molar-refractivity contribution >= 4 is 18.0 Å². The Morgan fingerprint density at radius 1 is 1.19 bits per heavy atom. The van der Waals surface area contributed by atoms with Gasteiger partial charge in [-0.2, -0.15) is 0 Å². The van der Waals surface area contributed by atoms with E-state index in [4.69, 9.17) is 14.9 Å². The van der Waals surface area contributed by atoms with Gasteiger partial charge in [0.25, 0.3) is 0 Å². The summed E-state index contributed by atoms with van der Waals surface area (Å²) in [5, 5.41) is 17.6. The van der Waals surface area contributed by atoms with Crippen molar-refractivity contribution in [2.75, 3.05) is 27.2 Å². The zero-order valence-corrected chi connectivity index (χ0v) is 12.1. The smallest absolute Gasteiger partial charge is 0.332 e. The Labute approximate surface area is 123 Å². The van der Waals surface area contributed by atoms with E-state index in [2.05, 4.69) is 0 Å². The molecule has 0 radical (unpaired) electrons. The summed E-state index contributed by atoms with van der Waals surface area (Å²) in [6.07, 6.45) is 0.830. The highest BCUT2D eigenvalue weighted by molar-refractivity contribution is 5.96. The van der Waals surface area contributed by atoms with Crippen LogP contribution in [-0.4, -0.2) is 54.3 Å². The van der Waals surface area contributed by atoms with Gasteiger partial charge in [0, 0.05) is 12.1 Å². The number of ether oxygens (including phenoxy) is 1. The second kappa shape index (κ2) is 8.06. The summed E-state index contributed by atoms with van der Waals surface area (Å²) in [5.41, 5.74) is 0.456. The molecule has 0 atom stereocenters. The predicted octanol–water partition coefficient (Wildman–Crippen LogP) is 1.57. The summed E-state index contributed by atoms with van der Waals surface area (Å²) in [6, 6.07) is 6.83. The number of carboxylic acid groups (broad SMARTS) is 2. The molecule has 0 bridgehead atoms. The third-order valence-electron chi connectivity index (χ3n) is 2.64. The molecule has 1 aromatic rings. The highest BCUT2D eigenvalue weighted by atomic mass is 16.5. The maximum Gasteiger partial charge on any atom is 0.332 e. The Morgan fingerprint density at radius 2 is 1.81 bits per heavy atom. The van der Waals surface area contributed by atoms with Gasteiger partial charge < -0.3 is 19.8 Å². The van der Waals surface area contributed by atoms with E-state index in [1.54, 1.807) is 24.3 Å². The zero-order chi connectivity index (χ0) is 15.8. The minimum absolute atomic E-state index is 0.163. The van der Waals surface area contributed by atoms with E-state index in [9.17, 15) is 9.59 Å². The molecule has 0 aliphatic heterocycles. The molecule has 2 N–H and O–H groups in total. The first-order valence-corrected chi connectivity index (χ1v) is 6.41. The summed E-state index contributed by atoms with van der Waals surface area (Å²) in [5.74, 6) is -1.72. The van der Waals surface area contributed by atoms with Crippen LogP contribution in [0.15, 0.2) is 29.8 Å². The first-order chi connectivity index (χ1) is 9.88. The number of rotatable bonds is 8. The molecule has 114 valence electrons. The van der Waals surface area contributed by atoms with Gasteiger partial charge in [-0.1, -0.05) is 12.1 Å². The Balaban J connectivity index is 2.71. The summed E-state index contributed by atoms with van der Waals surface area (Å²) in [7, 11) is 3.90. The van der Waals surface area contributed by atoms with Gasteiger partial charge in [-0.3, -0.25) is 4.79 Å². The minimum atomic E-state index is -1.23. The van der Waals surface area contributed by atoms with Crippen molar-refractivity contribution in [2.45, 2.75) is 6.42 Å². The second-order valence-corrected chi connectivity index (χ2v) is 4.77. The maximum absolute atomic E-state index is 11.0. The molecule has 0 saturated heterocycles. The molecule has 0 aromatic heterocycles. The lowest BCUT2D eigenvalue weighted by molar-refractivity contribution is -0.139. The van der Waals surface area contributed by atoms with Crippen LogP contribution in [0.2, 0.25) is 0 Å². The molecule has 0 heterocycles. The van der Waals surface area contributed by atoms with E-state index in [0.717, 1.165) is 6.54 Å². The lowest BCUT2D eigenvalue weighted by atomic mass is 10.1. The van der Waals surface area contributed by atoms with Crippen LogP contribution in [0.4, 0.5) is 0 Å². The van der Waals surface area contributed by atoms with Crippen LogP contribution in [0.3, 0.4) is 0 Å². The number of likely N-dealkylation sites (N-methyl/N-ethyl adjacent to an activating group) is 1. The second-order valence-electron chi connectivity index (χ2n) is 4.77. The largest absolute Gasteiger partial charge is 0.492 e. The van der Waals surface area contributed by atoms with Crippen LogP contribution >= 0.6 is 0 Å². The summed E-state index contributed by atoms with van der Waals surface area (Å²) < 4.78 is 5.52. The molecule has 6 heteroatoms. The molecule has 0 spiro atoms. The molecule has 0 unspecified atom stereocenters. The standard InChI is InChI=1S/C15H19NO5/c1-16(2)7-8-21-13-5-3-11(4-6-13)9-12(15(19)20)10-14(17)18/h3-6,9H,7-8,10H2,1-2H3,(H,17,18)(H,19,20)/b12-9+. The maximum atomic E-state index is 11.0. The topological polar surface area (TPSA) is 87.1 Å². The van der Waals surface area contributed by atoms with Gasteiger partial charge in [0.15, 0.2) is 0 Å². The Hall–Kier alpha value is -2.34. The molecule has 0 aliphatic rings. The van der Waals surface area contributed by atoms with Crippen molar-refractivity contribution < 1.29 is 24.5 Å². The van der Waals surface area contributed by atoms with Crippen LogP contribution in [0.1, 0.15) is 12.0 Å². The highest BCUT2D eigenvalue weighted by Gasteiger charge is 2.11. The monoisotopic (exact) mass is 293 g/mol. The number of hydrogen-bond donors (Lipinski definition) is 2. The normalized spacial score (nSPS) is 11.5. The van der Waals surface area contributed by atoms with Gasteiger partial charge in [-0.25, -0.2) is 4.79 Å². The van der Waals surface area contributed by atoms with E-state index in [0.29, 0.717) is 17.9 Å². The van der Waals surface area contributed by atoms with Gasteiger partial charge in [-0.15, -0.1) is 0 Å². The van der Waals surface area contributed by atoms with Crippen molar-refractivity contribution in [2.24, 2.45) is 0 Å². The minimum Gasteiger partial charge on any atom is -0.492 e. The average molecular weight is 293 g/mol. The molecular formula is C15H19NO5. The van der Waals surface area contributed by atoms with Crippen LogP contribution < -0.4 is 4.74 Å². The van der Waals surface area contributed by atoms with Gasteiger partial charge in [0.1, 0.15) is 12.4 Å².